The number of hydrogen-bond acceptors (Lipinski definition) is 8. The lowest BCUT2D eigenvalue weighted by Crippen LogP contribution is -2.51. The number of anilines is 2. The Bertz CT molecular complexity index is 1760. The van der Waals surface area contributed by atoms with Crippen molar-refractivity contribution in [3.63, 3.8) is 0 Å². The van der Waals surface area contributed by atoms with E-state index in [-0.39, 0.29) is 35.4 Å². The van der Waals surface area contributed by atoms with Crippen LogP contribution in [-0.2, 0) is 35.3 Å². The number of nitrogens with zero attached hydrogens (tertiary/aromatic N) is 5. The highest BCUT2D eigenvalue weighted by Crippen LogP contribution is 2.51. The Morgan fingerprint density at radius 1 is 0.930 bits per heavy atom. The Morgan fingerprint density at radius 3 is 2.00 bits per heavy atom. The van der Waals surface area contributed by atoms with E-state index in [0.717, 1.165) is 5.56 Å². The second kappa shape index (κ2) is 12.4. The van der Waals surface area contributed by atoms with Gasteiger partial charge in [0.25, 0.3) is 26.0 Å². The molecule has 2 N–H and O–H groups in total. The normalized spacial score (nSPS) is 13.8. The van der Waals surface area contributed by atoms with Crippen molar-refractivity contribution < 1.29 is 36.1 Å². The fraction of sp³-hybridized carbons (Fsp3) is 0.286. The number of fused-ring (bicyclic) bond motifs is 2. The number of benzene rings is 3. The van der Waals surface area contributed by atoms with E-state index in [1.54, 1.807) is 60.4 Å². The molecular weight excluding hydrogens is 598 g/mol. The smallest absolute Gasteiger partial charge is 0.303 e. The molecule has 1 heterocycles. The highest BCUT2D eigenvalue weighted by molar-refractivity contribution is 7.89. The molecule has 0 spiro atoms. The lowest BCUT2D eigenvalue weighted by molar-refractivity contribution is -0.138. The van der Waals surface area contributed by atoms with Crippen molar-refractivity contribution in [1.82, 2.24) is 4.31 Å². The molecule has 0 saturated heterocycles. The van der Waals surface area contributed by atoms with E-state index in [2.05, 4.69) is 10.0 Å². The number of aryl methyl sites for hydroxylation is 1. The number of azide groups is 1. The molecule has 0 radical (unpaired) electrons. The third kappa shape index (κ3) is 6.34. The summed E-state index contributed by atoms with van der Waals surface area (Å²) < 4.78 is 60.7. The topological polar surface area (TPSA) is 198 Å². The Labute approximate surface area is 248 Å². The number of sulfonamides is 1. The quantitative estimate of drug-likeness (QED) is 0.127. The van der Waals surface area contributed by atoms with Gasteiger partial charge in [0, 0.05) is 46.9 Å². The number of carboxylic acids is 1. The number of carboxylic acid groups (broad SMARTS) is 1. The zero-order valence-corrected chi connectivity index (χ0v) is 24.7. The second-order valence-electron chi connectivity index (χ2n) is 9.92. The molecule has 1 aliphatic rings. The first-order valence-corrected chi connectivity index (χ1v) is 16.2. The zero-order valence-electron chi connectivity index (χ0n) is 23.1. The molecule has 0 atom stereocenters. The van der Waals surface area contributed by atoms with Crippen LogP contribution >= 0.6 is 0 Å². The van der Waals surface area contributed by atoms with Gasteiger partial charge in [0.15, 0.2) is 5.54 Å². The summed E-state index contributed by atoms with van der Waals surface area (Å²) >= 11 is 0. The van der Waals surface area contributed by atoms with Gasteiger partial charge in [0.2, 0.25) is 0 Å². The molecule has 0 aromatic heterocycles. The van der Waals surface area contributed by atoms with E-state index < -0.39 is 56.3 Å². The molecule has 1 aliphatic heterocycles. The standard InChI is InChI=1S/C28H29N5O8S2/c1-20-13-15-21(16-14-20)43(40,41)33(18-6-12-26(34)35)27(36)28(30-31-29)22-8-2-4-10-24(22)32(17-7-19-42(37,38)39)25-11-5-3-9-23(25)28/h2-5,8-11,13-16H,6-7,12,17-19H2,1H3,(H,34,35)(H,37,38,39). The molecule has 226 valence electrons. The minimum absolute atomic E-state index is 0.00703. The Kier molecular flexibility index (Phi) is 9.11. The predicted molar refractivity (Wildman–Crippen MR) is 158 cm³/mol. The van der Waals surface area contributed by atoms with Gasteiger partial charge in [-0.2, -0.15) is 8.42 Å². The molecule has 0 saturated carbocycles. The molecule has 13 nitrogen and oxygen atoms in total. The lowest BCUT2D eigenvalue weighted by Gasteiger charge is -2.43. The second-order valence-corrected chi connectivity index (χ2v) is 13.4. The minimum atomic E-state index is -4.57. The van der Waals surface area contributed by atoms with Crippen LogP contribution in [0.2, 0.25) is 0 Å². The first-order chi connectivity index (χ1) is 20.3. The van der Waals surface area contributed by atoms with Gasteiger partial charge < -0.3 is 10.0 Å². The number of carbonyl (C=O) groups is 2. The van der Waals surface area contributed by atoms with Crippen molar-refractivity contribution in [3.8, 4) is 0 Å². The van der Waals surface area contributed by atoms with Crippen LogP contribution in [0.5, 0.6) is 0 Å². The summed E-state index contributed by atoms with van der Waals surface area (Å²) in [6.07, 6.45) is -0.618. The lowest BCUT2D eigenvalue weighted by atomic mass is 9.77. The molecule has 15 heteroatoms. The number of hydrogen-bond donors (Lipinski definition) is 2. The maximum atomic E-state index is 14.8. The monoisotopic (exact) mass is 627 g/mol. The molecule has 43 heavy (non-hydrogen) atoms. The zero-order chi connectivity index (χ0) is 31.4. The summed E-state index contributed by atoms with van der Waals surface area (Å²) in [5, 5.41) is 13.2. The van der Waals surface area contributed by atoms with Gasteiger partial charge in [-0.1, -0.05) is 59.2 Å². The van der Waals surface area contributed by atoms with Crippen LogP contribution in [0.25, 0.3) is 10.4 Å². The fourth-order valence-electron chi connectivity index (χ4n) is 5.12. The van der Waals surface area contributed by atoms with E-state index in [1.807, 2.05) is 0 Å². The molecule has 0 fully saturated rings. The number of para-hydroxylation sites is 2. The average molecular weight is 628 g/mol. The van der Waals surface area contributed by atoms with E-state index in [9.17, 15) is 41.6 Å². The summed E-state index contributed by atoms with van der Waals surface area (Å²) in [7, 11) is -8.83. The van der Waals surface area contributed by atoms with E-state index in [1.165, 1.54) is 24.3 Å². The van der Waals surface area contributed by atoms with Crippen LogP contribution in [0.1, 0.15) is 36.0 Å². The number of aliphatic carboxylic acids is 1. The van der Waals surface area contributed by atoms with Crippen molar-refractivity contribution >= 4 is 43.4 Å². The van der Waals surface area contributed by atoms with Gasteiger partial charge in [-0.3, -0.25) is 14.1 Å². The van der Waals surface area contributed by atoms with Crippen LogP contribution in [-0.4, -0.2) is 61.5 Å². The van der Waals surface area contributed by atoms with Crippen LogP contribution < -0.4 is 4.90 Å². The fourth-order valence-corrected chi connectivity index (χ4v) is 7.07. The summed E-state index contributed by atoms with van der Waals surface area (Å²) in [6.45, 7) is 1.34. The number of rotatable bonds is 12. The molecule has 4 rings (SSSR count). The Balaban J connectivity index is 1.94. The Morgan fingerprint density at radius 2 is 1.49 bits per heavy atom. The van der Waals surface area contributed by atoms with Gasteiger partial charge in [-0.05, 0) is 49.6 Å². The van der Waals surface area contributed by atoms with Crippen molar-refractivity contribution in [2.24, 2.45) is 5.11 Å². The largest absolute Gasteiger partial charge is 0.481 e. The third-order valence-electron chi connectivity index (χ3n) is 7.04. The first kappa shape index (κ1) is 31.5. The van der Waals surface area contributed by atoms with Crippen molar-refractivity contribution in [3.05, 3.63) is 99.9 Å². The van der Waals surface area contributed by atoms with Crippen molar-refractivity contribution in [2.45, 2.75) is 36.6 Å². The van der Waals surface area contributed by atoms with Gasteiger partial charge in [0.1, 0.15) is 0 Å². The minimum Gasteiger partial charge on any atom is -0.481 e. The molecule has 0 bridgehead atoms. The number of carbonyl (C=O) groups excluding carboxylic acids is 1. The van der Waals surface area contributed by atoms with Gasteiger partial charge >= 0.3 is 5.97 Å². The molecular formula is C28H29N5O8S2. The number of amides is 1. The summed E-state index contributed by atoms with van der Waals surface area (Å²) in [4.78, 5) is 30.5. The van der Waals surface area contributed by atoms with Crippen molar-refractivity contribution in [1.29, 1.82) is 0 Å². The van der Waals surface area contributed by atoms with Crippen LogP contribution in [0, 0.1) is 6.92 Å². The van der Waals surface area contributed by atoms with Gasteiger partial charge in [0.05, 0.1) is 10.6 Å². The third-order valence-corrected chi connectivity index (χ3v) is 9.65. The van der Waals surface area contributed by atoms with E-state index >= 15 is 0 Å². The SMILES string of the molecule is Cc1ccc(S(=O)(=O)N(CCCC(=O)O)C(=O)C2(N=[N+]=[N-])c3ccccc3N(CCCS(=O)(=O)O)c3ccccc32)cc1. The highest BCUT2D eigenvalue weighted by Gasteiger charge is 2.52. The van der Waals surface area contributed by atoms with Crippen LogP contribution in [0.4, 0.5) is 11.4 Å². The average Bonchev–Trinajstić information content (AvgIpc) is 2.95. The predicted octanol–water partition coefficient (Wildman–Crippen LogP) is 4.36. The molecule has 3 aromatic rings. The van der Waals surface area contributed by atoms with Crippen LogP contribution in [0.15, 0.2) is 82.8 Å². The molecule has 3 aromatic carbocycles. The maximum absolute atomic E-state index is 14.8. The van der Waals surface area contributed by atoms with Crippen LogP contribution in [0.3, 0.4) is 0 Å². The Hall–Kier alpha value is -4.43. The van der Waals surface area contributed by atoms with E-state index in [0.29, 0.717) is 15.7 Å². The summed E-state index contributed by atoms with van der Waals surface area (Å²) in [6, 6.07) is 18.5. The summed E-state index contributed by atoms with van der Waals surface area (Å²) in [5.41, 5.74) is 9.36. The van der Waals surface area contributed by atoms with Gasteiger partial charge in [-0.25, -0.2) is 12.7 Å². The summed E-state index contributed by atoms with van der Waals surface area (Å²) in [5.74, 6) is -2.81. The molecule has 0 unspecified atom stereocenters. The molecule has 0 aliphatic carbocycles. The van der Waals surface area contributed by atoms with E-state index in [4.69, 9.17) is 0 Å². The highest BCUT2D eigenvalue weighted by atomic mass is 32.2. The van der Waals surface area contributed by atoms with Crippen molar-refractivity contribution in [2.75, 3.05) is 23.7 Å². The maximum Gasteiger partial charge on any atom is 0.303 e. The first-order valence-electron chi connectivity index (χ1n) is 13.2. The van der Waals surface area contributed by atoms with Gasteiger partial charge in [-0.15, -0.1) is 0 Å². The molecule has 1 amide bonds.